The lowest BCUT2D eigenvalue weighted by Gasteiger charge is -2.35. The summed E-state index contributed by atoms with van der Waals surface area (Å²) in [6, 6.07) is 0. The molecule has 0 aliphatic rings. The summed E-state index contributed by atoms with van der Waals surface area (Å²) in [4.78, 5) is 38.7. The molecule has 4 N–H and O–H groups in total. The third kappa shape index (κ3) is 13.0. The second kappa shape index (κ2) is 17.4. The van der Waals surface area contributed by atoms with Crippen molar-refractivity contribution in [2.45, 2.75) is 125 Å². The fraction of sp³-hybridized carbons (Fsp3) is 0.774. The van der Waals surface area contributed by atoms with Gasteiger partial charge in [-0.25, -0.2) is 25.1 Å². The first-order valence-electron chi connectivity index (χ1n) is 16.0. The lowest BCUT2D eigenvalue weighted by atomic mass is 10.1. The van der Waals surface area contributed by atoms with E-state index in [1.807, 2.05) is 6.92 Å². The highest BCUT2D eigenvalue weighted by atomic mass is 31.2. The molecule has 0 saturated heterocycles. The van der Waals surface area contributed by atoms with E-state index in [0.29, 0.717) is 29.5 Å². The minimum Gasteiger partial charge on any atom is -0.464 e. The van der Waals surface area contributed by atoms with Crippen LogP contribution in [0.3, 0.4) is 0 Å². The highest BCUT2D eigenvalue weighted by molar-refractivity contribution is 7.59. The third-order valence-corrected chi connectivity index (χ3v) is 9.54. The van der Waals surface area contributed by atoms with E-state index in [1.54, 1.807) is 38.6 Å². The van der Waals surface area contributed by atoms with E-state index in [4.69, 9.17) is 19.9 Å². The second-order valence-electron chi connectivity index (χ2n) is 13.7. The van der Waals surface area contributed by atoms with Gasteiger partial charge in [0.25, 0.3) is 0 Å². The van der Waals surface area contributed by atoms with Gasteiger partial charge in [0, 0.05) is 0 Å². The standard InChI is InChI=1S/C31H56N7O6P/c1-22(2)14-10-12-16-42-28(39)30(6,7)36-45(41,37-31(8,9)29(40)43-17-13-11-15-23(3)4)21-44-24(5)18-38-20-35-25-26(32)33-19-34-27(25)38/h19-20,22-24H,10-18,21H2,1-9H3,(H2,32,33,34)(H2,36,37,41)/t24-/m1/s1. The van der Waals surface area contributed by atoms with Crippen molar-refractivity contribution >= 4 is 36.4 Å². The zero-order valence-corrected chi connectivity index (χ0v) is 29.6. The molecule has 0 radical (unpaired) electrons. The van der Waals surface area contributed by atoms with Crippen LogP contribution in [0.15, 0.2) is 12.7 Å². The molecule has 0 amide bonds. The number of rotatable bonds is 21. The van der Waals surface area contributed by atoms with E-state index in [-0.39, 0.29) is 25.4 Å². The van der Waals surface area contributed by atoms with E-state index >= 15 is 0 Å². The molecule has 256 valence electrons. The van der Waals surface area contributed by atoms with Gasteiger partial charge in [-0.1, -0.05) is 40.5 Å². The minimum atomic E-state index is -3.78. The summed E-state index contributed by atoms with van der Waals surface area (Å²) in [6.07, 6.45) is 7.64. The molecule has 2 rings (SSSR count). The Morgan fingerprint density at radius 1 is 0.867 bits per heavy atom. The molecular formula is C31H56N7O6P. The van der Waals surface area contributed by atoms with Crippen LogP contribution in [0.4, 0.5) is 5.82 Å². The van der Waals surface area contributed by atoms with Crippen LogP contribution < -0.4 is 15.9 Å². The topological polar surface area (TPSA) is 173 Å². The molecule has 0 bridgehead atoms. The molecule has 0 spiro atoms. The number of ether oxygens (including phenoxy) is 3. The van der Waals surface area contributed by atoms with Crippen LogP contribution in [0.25, 0.3) is 11.2 Å². The lowest BCUT2D eigenvalue weighted by Crippen LogP contribution is -2.54. The average Bonchev–Trinajstić information content (AvgIpc) is 3.34. The number of nitrogens with two attached hydrogens (primary N) is 1. The maximum absolute atomic E-state index is 14.5. The predicted octanol–water partition coefficient (Wildman–Crippen LogP) is 5.44. The molecule has 1 atom stereocenters. The van der Waals surface area contributed by atoms with Crippen LogP contribution in [0.2, 0.25) is 0 Å². The number of anilines is 1. The van der Waals surface area contributed by atoms with Gasteiger partial charge in [0.15, 0.2) is 11.5 Å². The number of nitrogen functional groups attached to an aromatic ring is 1. The molecule has 0 aliphatic heterocycles. The Kier molecular flexibility index (Phi) is 14.9. The number of hydrogen-bond donors (Lipinski definition) is 3. The second-order valence-corrected chi connectivity index (χ2v) is 15.9. The van der Waals surface area contributed by atoms with Crippen molar-refractivity contribution < 1.29 is 28.4 Å². The van der Waals surface area contributed by atoms with Crippen LogP contribution in [-0.4, -0.2) is 68.2 Å². The van der Waals surface area contributed by atoms with Gasteiger partial charge in [-0.15, -0.1) is 0 Å². The number of esters is 2. The van der Waals surface area contributed by atoms with E-state index in [0.717, 1.165) is 38.5 Å². The summed E-state index contributed by atoms with van der Waals surface area (Å²) >= 11 is 0. The monoisotopic (exact) mass is 653 g/mol. The van der Waals surface area contributed by atoms with Crippen LogP contribution in [0.5, 0.6) is 0 Å². The van der Waals surface area contributed by atoms with Crippen LogP contribution in [0, 0.1) is 11.8 Å². The summed E-state index contributed by atoms with van der Waals surface area (Å²) in [6.45, 7) is 17.7. The van der Waals surface area contributed by atoms with Gasteiger partial charge in [-0.3, -0.25) is 14.2 Å². The number of carbonyl (C=O) groups is 2. The zero-order chi connectivity index (χ0) is 33.8. The van der Waals surface area contributed by atoms with Crippen molar-refractivity contribution in [3.05, 3.63) is 12.7 Å². The van der Waals surface area contributed by atoms with Crippen LogP contribution in [0.1, 0.15) is 101 Å². The lowest BCUT2D eigenvalue weighted by molar-refractivity contribution is -0.149. The molecule has 0 aliphatic carbocycles. The van der Waals surface area contributed by atoms with Crippen molar-refractivity contribution in [1.82, 2.24) is 29.7 Å². The first-order chi connectivity index (χ1) is 21.0. The summed E-state index contributed by atoms with van der Waals surface area (Å²) in [5, 5.41) is 5.92. The highest BCUT2D eigenvalue weighted by Gasteiger charge is 2.43. The maximum atomic E-state index is 14.5. The third-order valence-electron chi connectivity index (χ3n) is 7.18. The van der Waals surface area contributed by atoms with Crippen LogP contribution >= 0.6 is 7.44 Å². The Labute approximate surface area is 268 Å². The number of unbranched alkanes of at least 4 members (excludes halogenated alkanes) is 2. The SMILES string of the molecule is CC(C)CCCCOC(=O)C(C)(C)NP(=O)(CO[C@H](C)Cn1cnc2c(N)ncnc21)NC(C)(C)C(=O)OCCCCC(C)C. The summed E-state index contributed by atoms with van der Waals surface area (Å²) < 4.78 is 33.4. The predicted molar refractivity (Wildman–Crippen MR) is 176 cm³/mol. The maximum Gasteiger partial charge on any atom is 0.326 e. The molecular weight excluding hydrogens is 597 g/mol. The number of imidazole rings is 1. The van der Waals surface area contributed by atoms with Gasteiger partial charge in [0.05, 0.1) is 32.2 Å². The molecule has 2 aromatic heterocycles. The van der Waals surface area contributed by atoms with E-state index in [2.05, 4.69) is 52.8 Å². The number of aromatic nitrogens is 4. The van der Waals surface area contributed by atoms with Gasteiger partial charge in [0.2, 0.25) is 7.44 Å². The molecule has 0 fully saturated rings. The molecule has 45 heavy (non-hydrogen) atoms. The van der Waals surface area contributed by atoms with Crippen molar-refractivity contribution in [3.63, 3.8) is 0 Å². The van der Waals surface area contributed by atoms with Gasteiger partial charge >= 0.3 is 11.9 Å². The van der Waals surface area contributed by atoms with Crippen molar-refractivity contribution in [2.75, 3.05) is 25.3 Å². The summed E-state index contributed by atoms with van der Waals surface area (Å²) in [5.74, 6) is 0.331. The van der Waals surface area contributed by atoms with E-state index in [1.165, 1.54) is 6.33 Å². The van der Waals surface area contributed by atoms with Crippen molar-refractivity contribution in [3.8, 4) is 0 Å². The summed E-state index contributed by atoms with van der Waals surface area (Å²) in [7, 11) is -3.78. The smallest absolute Gasteiger partial charge is 0.326 e. The quantitative estimate of drug-likeness (QED) is 0.0886. The number of nitrogens with one attached hydrogen (secondary N) is 2. The number of fused-ring (bicyclic) bond motifs is 1. The minimum absolute atomic E-state index is 0.267. The van der Waals surface area contributed by atoms with E-state index < -0.39 is 36.6 Å². The van der Waals surface area contributed by atoms with Crippen molar-refractivity contribution in [1.29, 1.82) is 0 Å². The largest absolute Gasteiger partial charge is 0.464 e. The normalized spacial score (nSPS) is 13.5. The molecule has 0 unspecified atom stereocenters. The number of nitrogens with zero attached hydrogens (tertiary/aromatic N) is 4. The Morgan fingerprint density at radius 3 is 1.87 bits per heavy atom. The van der Waals surface area contributed by atoms with Crippen molar-refractivity contribution in [2.24, 2.45) is 11.8 Å². The average molecular weight is 654 g/mol. The molecule has 2 aromatic rings. The van der Waals surface area contributed by atoms with E-state index in [9.17, 15) is 14.2 Å². The molecule has 14 heteroatoms. The van der Waals surface area contributed by atoms with Gasteiger partial charge in [0.1, 0.15) is 29.3 Å². The molecule has 0 aromatic carbocycles. The number of hydrogen-bond acceptors (Lipinski definition) is 10. The van der Waals surface area contributed by atoms with Gasteiger partial charge in [-0.2, -0.15) is 0 Å². The van der Waals surface area contributed by atoms with Gasteiger partial charge < -0.3 is 24.5 Å². The van der Waals surface area contributed by atoms with Crippen LogP contribution in [-0.2, 0) is 34.9 Å². The molecule has 2 heterocycles. The molecule has 13 nitrogen and oxygen atoms in total. The fourth-order valence-corrected chi connectivity index (χ4v) is 7.32. The Balaban J connectivity index is 2.14. The Bertz CT molecular complexity index is 1230. The highest BCUT2D eigenvalue weighted by Crippen LogP contribution is 2.42. The first kappa shape index (κ1) is 38.6. The Morgan fingerprint density at radius 2 is 1.38 bits per heavy atom. The molecule has 0 saturated carbocycles. The zero-order valence-electron chi connectivity index (χ0n) is 28.7. The fourth-order valence-electron chi connectivity index (χ4n) is 4.68. The van der Waals surface area contributed by atoms with Gasteiger partial charge in [-0.05, 0) is 72.1 Å². The summed E-state index contributed by atoms with van der Waals surface area (Å²) in [5.41, 5.74) is 4.24. The Hall–Kier alpha value is -2.60. The number of carbonyl (C=O) groups excluding carboxylic acids is 2. The first-order valence-corrected chi connectivity index (χ1v) is 17.9.